The van der Waals surface area contributed by atoms with E-state index in [4.69, 9.17) is 0 Å². The molecule has 1 fully saturated rings. The molecule has 3 heteroatoms. The van der Waals surface area contributed by atoms with Crippen LogP contribution in [0, 0.1) is 10.8 Å². The van der Waals surface area contributed by atoms with Crippen molar-refractivity contribution in [2.75, 3.05) is 11.5 Å². The molecule has 0 spiro atoms. The van der Waals surface area contributed by atoms with Gasteiger partial charge in [0.25, 0.3) is 0 Å². The standard InChI is InChI=1S/C10H16O2S/c1-9(2)5-13-6-10(3,4)8(12)7(9)11/h5-6H2,1-4H3. The van der Waals surface area contributed by atoms with Gasteiger partial charge < -0.3 is 0 Å². The predicted octanol–water partition coefficient (Wildman–Crippen LogP) is 1.92. The molecule has 74 valence electrons. The summed E-state index contributed by atoms with van der Waals surface area (Å²) >= 11 is 1.70. The summed E-state index contributed by atoms with van der Waals surface area (Å²) in [6, 6.07) is 0. The van der Waals surface area contributed by atoms with Gasteiger partial charge in [0, 0.05) is 22.3 Å². The van der Waals surface area contributed by atoms with Crippen molar-refractivity contribution < 1.29 is 9.59 Å². The van der Waals surface area contributed by atoms with Gasteiger partial charge in [-0.05, 0) is 0 Å². The van der Waals surface area contributed by atoms with E-state index in [0.717, 1.165) is 11.5 Å². The molecule has 0 aliphatic carbocycles. The first kappa shape index (κ1) is 10.8. The molecular weight excluding hydrogens is 184 g/mol. The van der Waals surface area contributed by atoms with Crippen molar-refractivity contribution in [3.05, 3.63) is 0 Å². The molecule has 0 atom stereocenters. The Labute approximate surface area is 83.5 Å². The summed E-state index contributed by atoms with van der Waals surface area (Å²) in [5.41, 5.74) is -0.953. The third-order valence-electron chi connectivity index (χ3n) is 2.36. The SMILES string of the molecule is CC1(C)CSCC(C)(C)C(=O)C1=O. The highest BCUT2D eigenvalue weighted by atomic mass is 32.2. The van der Waals surface area contributed by atoms with E-state index in [9.17, 15) is 9.59 Å². The van der Waals surface area contributed by atoms with Gasteiger partial charge in [0.2, 0.25) is 11.6 Å². The number of ketones is 2. The van der Waals surface area contributed by atoms with Gasteiger partial charge in [-0.3, -0.25) is 9.59 Å². The van der Waals surface area contributed by atoms with Crippen LogP contribution in [-0.4, -0.2) is 23.1 Å². The van der Waals surface area contributed by atoms with Gasteiger partial charge in [-0.25, -0.2) is 0 Å². The molecular formula is C10H16O2S. The van der Waals surface area contributed by atoms with Crippen LogP contribution in [0.3, 0.4) is 0 Å². The van der Waals surface area contributed by atoms with Crippen molar-refractivity contribution in [3.63, 3.8) is 0 Å². The zero-order chi connectivity index (χ0) is 10.3. The molecule has 1 heterocycles. The van der Waals surface area contributed by atoms with E-state index in [2.05, 4.69) is 0 Å². The van der Waals surface area contributed by atoms with Gasteiger partial charge in [0.1, 0.15) is 0 Å². The van der Waals surface area contributed by atoms with Crippen LogP contribution in [-0.2, 0) is 9.59 Å². The topological polar surface area (TPSA) is 34.1 Å². The Morgan fingerprint density at radius 2 is 1.23 bits per heavy atom. The number of Topliss-reactive ketones (excluding diaryl/α,β-unsaturated/α-hetero) is 2. The minimum absolute atomic E-state index is 0.206. The number of rotatable bonds is 0. The van der Waals surface area contributed by atoms with E-state index < -0.39 is 10.8 Å². The average molecular weight is 200 g/mol. The maximum absolute atomic E-state index is 11.7. The number of carbonyl (C=O) groups is 2. The van der Waals surface area contributed by atoms with Gasteiger partial charge in [-0.15, -0.1) is 0 Å². The van der Waals surface area contributed by atoms with Crippen molar-refractivity contribution in [3.8, 4) is 0 Å². The van der Waals surface area contributed by atoms with Crippen molar-refractivity contribution in [2.24, 2.45) is 10.8 Å². The maximum Gasteiger partial charge on any atom is 0.205 e. The normalized spacial score (nSPS) is 27.1. The quantitative estimate of drug-likeness (QED) is 0.560. The lowest BCUT2D eigenvalue weighted by molar-refractivity contribution is -0.144. The summed E-state index contributed by atoms with van der Waals surface area (Å²) in [5.74, 6) is 1.09. The van der Waals surface area contributed by atoms with Crippen molar-refractivity contribution in [2.45, 2.75) is 27.7 Å². The summed E-state index contributed by atoms with van der Waals surface area (Å²) in [6.45, 7) is 7.40. The first-order chi connectivity index (χ1) is 5.77. The summed E-state index contributed by atoms with van der Waals surface area (Å²) in [6.07, 6.45) is 0. The zero-order valence-electron chi connectivity index (χ0n) is 8.64. The number of thioether (sulfide) groups is 1. The monoisotopic (exact) mass is 200 g/mol. The zero-order valence-corrected chi connectivity index (χ0v) is 9.46. The fourth-order valence-corrected chi connectivity index (χ4v) is 2.69. The first-order valence-corrected chi connectivity index (χ1v) is 5.60. The molecule has 13 heavy (non-hydrogen) atoms. The van der Waals surface area contributed by atoms with Gasteiger partial charge in [-0.1, -0.05) is 27.7 Å². The molecule has 1 saturated heterocycles. The minimum atomic E-state index is -0.477. The molecule has 0 aromatic carbocycles. The minimum Gasteiger partial charge on any atom is -0.290 e. The Kier molecular flexibility index (Phi) is 2.59. The van der Waals surface area contributed by atoms with Crippen LogP contribution in [0.4, 0.5) is 0 Å². The smallest absolute Gasteiger partial charge is 0.205 e. The molecule has 0 saturated carbocycles. The van der Waals surface area contributed by atoms with E-state index in [0.29, 0.717) is 0 Å². The molecule has 0 bridgehead atoms. The molecule has 0 N–H and O–H groups in total. The molecule has 1 aliphatic heterocycles. The summed E-state index contributed by atoms with van der Waals surface area (Å²) in [5, 5.41) is 0. The molecule has 0 unspecified atom stereocenters. The van der Waals surface area contributed by atoms with E-state index >= 15 is 0 Å². The van der Waals surface area contributed by atoms with Crippen LogP contribution in [0.2, 0.25) is 0 Å². The molecule has 1 rings (SSSR count). The van der Waals surface area contributed by atoms with Crippen LogP contribution >= 0.6 is 11.8 Å². The molecule has 0 aromatic heterocycles. The number of hydrogen-bond acceptors (Lipinski definition) is 3. The predicted molar refractivity (Wildman–Crippen MR) is 54.9 cm³/mol. The fraction of sp³-hybridized carbons (Fsp3) is 0.800. The Bertz CT molecular complexity index is 228. The highest BCUT2D eigenvalue weighted by Gasteiger charge is 2.43. The van der Waals surface area contributed by atoms with Gasteiger partial charge in [-0.2, -0.15) is 11.8 Å². The van der Waals surface area contributed by atoms with E-state index in [1.807, 2.05) is 27.7 Å². The Hall–Kier alpha value is -0.310. The molecule has 0 aromatic rings. The van der Waals surface area contributed by atoms with Crippen molar-refractivity contribution in [1.82, 2.24) is 0 Å². The van der Waals surface area contributed by atoms with E-state index in [1.54, 1.807) is 11.8 Å². The van der Waals surface area contributed by atoms with Crippen LogP contribution < -0.4 is 0 Å². The Balaban J connectivity index is 3.01. The highest BCUT2D eigenvalue weighted by Crippen LogP contribution is 2.35. The second-order valence-electron chi connectivity index (χ2n) is 4.92. The van der Waals surface area contributed by atoms with Gasteiger partial charge in [0.05, 0.1) is 0 Å². The Morgan fingerprint density at radius 3 is 1.54 bits per heavy atom. The second kappa shape index (κ2) is 3.12. The molecule has 0 radical (unpaired) electrons. The molecule has 0 amide bonds. The summed E-state index contributed by atoms with van der Waals surface area (Å²) in [4.78, 5) is 23.4. The highest BCUT2D eigenvalue weighted by molar-refractivity contribution is 7.99. The third kappa shape index (κ3) is 1.96. The van der Waals surface area contributed by atoms with Crippen LogP contribution in [0.1, 0.15) is 27.7 Å². The lowest BCUT2D eigenvalue weighted by Crippen LogP contribution is -2.38. The van der Waals surface area contributed by atoms with Gasteiger partial charge >= 0.3 is 0 Å². The summed E-state index contributed by atoms with van der Waals surface area (Å²) < 4.78 is 0. The maximum atomic E-state index is 11.7. The third-order valence-corrected chi connectivity index (χ3v) is 4.21. The second-order valence-corrected chi connectivity index (χ2v) is 5.90. The molecule has 1 aliphatic rings. The average Bonchev–Trinajstić information content (AvgIpc) is 2.04. The lowest BCUT2D eigenvalue weighted by atomic mass is 9.79. The van der Waals surface area contributed by atoms with Crippen LogP contribution in [0.25, 0.3) is 0 Å². The van der Waals surface area contributed by atoms with Crippen LogP contribution in [0.15, 0.2) is 0 Å². The van der Waals surface area contributed by atoms with Crippen LogP contribution in [0.5, 0.6) is 0 Å². The van der Waals surface area contributed by atoms with Crippen molar-refractivity contribution >= 4 is 23.3 Å². The van der Waals surface area contributed by atoms with E-state index in [1.165, 1.54) is 0 Å². The Morgan fingerprint density at radius 1 is 0.923 bits per heavy atom. The largest absolute Gasteiger partial charge is 0.290 e. The lowest BCUT2D eigenvalue weighted by Gasteiger charge is -2.21. The molecule has 2 nitrogen and oxygen atoms in total. The van der Waals surface area contributed by atoms with Gasteiger partial charge in [0.15, 0.2) is 0 Å². The number of carbonyl (C=O) groups excluding carboxylic acids is 2. The first-order valence-electron chi connectivity index (χ1n) is 4.44. The van der Waals surface area contributed by atoms with E-state index in [-0.39, 0.29) is 11.6 Å². The van der Waals surface area contributed by atoms with Crippen molar-refractivity contribution in [1.29, 1.82) is 0 Å². The number of hydrogen-bond donors (Lipinski definition) is 0. The fourth-order valence-electron chi connectivity index (χ4n) is 1.31. The summed E-state index contributed by atoms with van der Waals surface area (Å²) in [7, 11) is 0.